The van der Waals surface area contributed by atoms with Gasteiger partial charge in [-0.25, -0.2) is 13.6 Å². The lowest BCUT2D eigenvalue weighted by atomic mass is 10.0. The number of hydrogen-bond donors (Lipinski definition) is 1. The van der Waals surface area contributed by atoms with E-state index < -0.39 is 10.0 Å². The van der Waals surface area contributed by atoms with Crippen LogP contribution >= 0.6 is 0 Å². The molecule has 24 heavy (non-hydrogen) atoms. The SMILES string of the molecule is Cc1oc(C(=O)N2CCCCCc3ccccc32)cc1S(N)(=O)=O. The van der Waals surface area contributed by atoms with E-state index in [2.05, 4.69) is 0 Å². The molecule has 0 unspecified atom stereocenters. The van der Waals surface area contributed by atoms with Gasteiger partial charge in [-0.1, -0.05) is 24.6 Å². The lowest BCUT2D eigenvalue weighted by Gasteiger charge is -2.26. The van der Waals surface area contributed by atoms with Gasteiger partial charge in [0.1, 0.15) is 10.7 Å². The molecule has 2 heterocycles. The van der Waals surface area contributed by atoms with Gasteiger partial charge < -0.3 is 9.32 Å². The summed E-state index contributed by atoms with van der Waals surface area (Å²) in [6.07, 6.45) is 3.94. The Hall–Kier alpha value is -2.12. The summed E-state index contributed by atoms with van der Waals surface area (Å²) in [6, 6.07) is 9.00. The van der Waals surface area contributed by atoms with Crippen molar-refractivity contribution in [2.75, 3.05) is 11.4 Å². The van der Waals surface area contributed by atoms with E-state index in [0.29, 0.717) is 6.54 Å². The number of rotatable bonds is 2. The van der Waals surface area contributed by atoms with E-state index in [9.17, 15) is 13.2 Å². The van der Waals surface area contributed by atoms with E-state index in [1.165, 1.54) is 13.0 Å². The highest BCUT2D eigenvalue weighted by Gasteiger charge is 2.27. The number of furan rings is 1. The lowest BCUT2D eigenvalue weighted by molar-refractivity contribution is 0.0958. The van der Waals surface area contributed by atoms with Crippen molar-refractivity contribution in [1.29, 1.82) is 0 Å². The number of amides is 1. The number of aryl methyl sites for hydroxylation is 2. The van der Waals surface area contributed by atoms with Gasteiger partial charge in [-0.3, -0.25) is 4.79 Å². The summed E-state index contributed by atoms with van der Waals surface area (Å²) >= 11 is 0. The van der Waals surface area contributed by atoms with Crippen LogP contribution in [0.1, 0.15) is 41.1 Å². The quantitative estimate of drug-likeness (QED) is 0.902. The van der Waals surface area contributed by atoms with Crippen LogP contribution in [-0.2, 0) is 16.4 Å². The van der Waals surface area contributed by atoms with E-state index in [4.69, 9.17) is 9.56 Å². The van der Waals surface area contributed by atoms with Gasteiger partial charge in [-0.2, -0.15) is 0 Å². The molecule has 7 heteroatoms. The molecule has 0 aliphatic carbocycles. The number of carbonyl (C=O) groups excluding carboxylic acids is 1. The number of hydrogen-bond acceptors (Lipinski definition) is 4. The van der Waals surface area contributed by atoms with Crippen molar-refractivity contribution in [3.05, 3.63) is 47.4 Å². The molecule has 1 aromatic heterocycles. The van der Waals surface area contributed by atoms with E-state index in [1.807, 2.05) is 24.3 Å². The van der Waals surface area contributed by atoms with Crippen molar-refractivity contribution in [2.24, 2.45) is 5.14 Å². The predicted molar refractivity (Wildman–Crippen MR) is 90.5 cm³/mol. The van der Waals surface area contributed by atoms with Gasteiger partial charge in [0, 0.05) is 18.3 Å². The summed E-state index contributed by atoms with van der Waals surface area (Å²) in [5.41, 5.74) is 1.97. The van der Waals surface area contributed by atoms with Crippen LogP contribution in [0.5, 0.6) is 0 Å². The van der Waals surface area contributed by atoms with Crippen molar-refractivity contribution in [2.45, 2.75) is 37.5 Å². The molecule has 0 spiro atoms. The molecule has 0 saturated carbocycles. The lowest BCUT2D eigenvalue weighted by Crippen LogP contribution is -2.33. The molecule has 1 aliphatic heterocycles. The number of anilines is 1. The molecule has 1 aromatic carbocycles. The fourth-order valence-corrected chi connectivity index (χ4v) is 3.78. The zero-order chi connectivity index (χ0) is 17.3. The van der Waals surface area contributed by atoms with Crippen molar-refractivity contribution >= 4 is 21.6 Å². The maximum Gasteiger partial charge on any atom is 0.294 e. The second-order valence-electron chi connectivity index (χ2n) is 5.97. The van der Waals surface area contributed by atoms with Gasteiger partial charge in [0.15, 0.2) is 5.76 Å². The average molecular weight is 348 g/mol. The second kappa shape index (κ2) is 6.41. The summed E-state index contributed by atoms with van der Waals surface area (Å²) < 4.78 is 28.5. The number of sulfonamides is 1. The number of benzene rings is 1. The van der Waals surface area contributed by atoms with Crippen LogP contribution in [0.2, 0.25) is 0 Å². The maximum atomic E-state index is 12.9. The van der Waals surface area contributed by atoms with E-state index in [-0.39, 0.29) is 22.3 Å². The van der Waals surface area contributed by atoms with Gasteiger partial charge in [0.05, 0.1) is 0 Å². The predicted octanol–water partition coefficient (Wildman–Crippen LogP) is 2.61. The minimum absolute atomic E-state index is 0.00750. The zero-order valence-corrected chi connectivity index (χ0v) is 14.3. The van der Waals surface area contributed by atoms with Gasteiger partial charge in [0.25, 0.3) is 5.91 Å². The fraction of sp³-hybridized carbons (Fsp3) is 0.353. The first kappa shape index (κ1) is 16.7. The molecule has 6 nitrogen and oxygen atoms in total. The molecule has 1 aliphatic rings. The van der Waals surface area contributed by atoms with Crippen molar-refractivity contribution in [3.8, 4) is 0 Å². The molecule has 2 N–H and O–H groups in total. The average Bonchev–Trinajstić information content (AvgIpc) is 2.90. The highest BCUT2D eigenvalue weighted by Crippen LogP contribution is 2.28. The number of primary sulfonamides is 1. The molecule has 0 fully saturated rings. The third kappa shape index (κ3) is 3.22. The third-order valence-electron chi connectivity index (χ3n) is 4.24. The maximum absolute atomic E-state index is 12.9. The van der Waals surface area contributed by atoms with Crippen molar-refractivity contribution < 1.29 is 17.6 Å². The van der Waals surface area contributed by atoms with Crippen molar-refractivity contribution in [3.63, 3.8) is 0 Å². The molecule has 0 atom stereocenters. The topological polar surface area (TPSA) is 93.6 Å². The Balaban J connectivity index is 2.01. The van der Waals surface area contributed by atoms with E-state index in [0.717, 1.165) is 36.9 Å². The second-order valence-corrected chi connectivity index (χ2v) is 7.50. The molecule has 3 rings (SSSR count). The number of carbonyl (C=O) groups is 1. The largest absolute Gasteiger partial charge is 0.455 e. The highest BCUT2D eigenvalue weighted by molar-refractivity contribution is 7.89. The van der Waals surface area contributed by atoms with Crippen LogP contribution in [0.25, 0.3) is 0 Å². The van der Waals surface area contributed by atoms with Crippen LogP contribution in [0.4, 0.5) is 5.69 Å². The normalized spacial score (nSPS) is 15.5. The molecule has 128 valence electrons. The summed E-state index contributed by atoms with van der Waals surface area (Å²) in [7, 11) is -3.91. The molecule has 0 radical (unpaired) electrons. The summed E-state index contributed by atoms with van der Waals surface area (Å²) in [6.45, 7) is 2.05. The minimum Gasteiger partial charge on any atom is -0.455 e. The van der Waals surface area contributed by atoms with E-state index >= 15 is 0 Å². The summed E-state index contributed by atoms with van der Waals surface area (Å²) in [4.78, 5) is 14.4. The smallest absolute Gasteiger partial charge is 0.294 e. The van der Waals surface area contributed by atoms with Crippen LogP contribution in [0.15, 0.2) is 39.6 Å². The Morgan fingerprint density at radius 2 is 1.96 bits per heavy atom. The number of para-hydroxylation sites is 1. The van der Waals surface area contributed by atoms with Gasteiger partial charge in [0.2, 0.25) is 10.0 Å². The Morgan fingerprint density at radius 1 is 1.21 bits per heavy atom. The van der Waals surface area contributed by atoms with Gasteiger partial charge in [-0.15, -0.1) is 0 Å². The highest BCUT2D eigenvalue weighted by atomic mass is 32.2. The van der Waals surface area contributed by atoms with Crippen LogP contribution in [0.3, 0.4) is 0 Å². The summed E-state index contributed by atoms with van der Waals surface area (Å²) in [5.74, 6) is -0.226. The first-order chi connectivity index (χ1) is 11.4. The Bertz CT molecular complexity index is 870. The number of nitrogens with two attached hydrogens (primary N) is 1. The Kier molecular flexibility index (Phi) is 4.47. The molecular weight excluding hydrogens is 328 g/mol. The van der Waals surface area contributed by atoms with Crippen LogP contribution in [0, 0.1) is 6.92 Å². The zero-order valence-electron chi connectivity index (χ0n) is 13.5. The molecular formula is C17H20N2O4S. The first-order valence-corrected chi connectivity index (χ1v) is 9.45. The monoisotopic (exact) mass is 348 g/mol. The molecule has 1 amide bonds. The molecule has 0 bridgehead atoms. The van der Waals surface area contributed by atoms with Gasteiger partial charge in [-0.05, 0) is 37.8 Å². The Labute approximate surface area is 141 Å². The fourth-order valence-electron chi connectivity index (χ4n) is 3.07. The van der Waals surface area contributed by atoms with Gasteiger partial charge >= 0.3 is 0 Å². The number of nitrogens with zero attached hydrogens (tertiary/aromatic N) is 1. The Morgan fingerprint density at radius 3 is 2.67 bits per heavy atom. The summed E-state index contributed by atoms with van der Waals surface area (Å²) in [5, 5.41) is 5.16. The van der Waals surface area contributed by atoms with E-state index in [1.54, 1.807) is 4.90 Å². The third-order valence-corrected chi connectivity index (χ3v) is 5.26. The first-order valence-electron chi connectivity index (χ1n) is 7.91. The molecule has 0 saturated heterocycles. The van der Waals surface area contributed by atoms with Crippen LogP contribution in [-0.4, -0.2) is 20.9 Å². The minimum atomic E-state index is -3.91. The van der Waals surface area contributed by atoms with Crippen LogP contribution < -0.4 is 10.0 Å². The standard InChI is InChI=1S/C17H20N2O4S/c1-12-16(24(18,21)22)11-15(23-12)17(20)19-10-6-2-3-7-13-8-4-5-9-14(13)19/h4-5,8-9,11H,2-3,6-7,10H2,1H3,(H2,18,21,22). The van der Waals surface area contributed by atoms with Crippen molar-refractivity contribution in [1.82, 2.24) is 0 Å². The number of fused-ring (bicyclic) bond motifs is 1. The molecule has 2 aromatic rings.